The van der Waals surface area contributed by atoms with E-state index in [-0.39, 0.29) is 17.2 Å². The number of halogens is 3. The average Bonchev–Trinajstić information content (AvgIpc) is 2.50. The molecule has 0 radical (unpaired) electrons. The third-order valence-corrected chi connectivity index (χ3v) is 4.92. The van der Waals surface area contributed by atoms with Crippen LogP contribution in [-0.2, 0) is 10.9 Å². The Morgan fingerprint density at radius 2 is 1.81 bits per heavy atom. The predicted molar refractivity (Wildman–Crippen MR) is 90.9 cm³/mol. The fraction of sp³-hybridized carbons (Fsp3) is 0.667. The molecule has 2 aliphatic rings. The third kappa shape index (κ3) is 3.88. The molecule has 2 aliphatic heterocycles. The Hall–Kier alpha value is -1.99. The van der Waals surface area contributed by atoms with Gasteiger partial charge in [-0.05, 0) is 45.7 Å². The lowest BCUT2D eigenvalue weighted by Crippen LogP contribution is -2.61. The van der Waals surface area contributed by atoms with E-state index < -0.39 is 17.5 Å². The van der Waals surface area contributed by atoms with Crippen LogP contribution in [0.4, 0.5) is 23.7 Å². The largest absolute Gasteiger partial charge is 0.444 e. The normalized spacial score (nSPS) is 20.1. The van der Waals surface area contributed by atoms with Gasteiger partial charge in [0.25, 0.3) is 0 Å². The number of alkyl halides is 3. The van der Waals surface area contributed by atoms with Crippen molar-refractivity contribution < 1.29 is 22.7 Å². The number of nitrogens with zero attached hydrogens (tertiary/aromatic N) is 3. The van der Waals surface area contributed by atoms with Crippen molar-refractivity contribution in [1.29, 1.82) is 0 Å². The minimum atomic E-state index is -4.46. The zero-order chi connectivity index (χ0) is 19.2. The van der Waals surface area contributed by atoms with Crippen molar-refractivity contribution in [2.45, 2.75) is 45.4 Å². The first-order valence-electron chi connectivity index (χ1n) is 8.74. The molecule has 2 saturated heterocycles. The molecule has 26 heavy (non-hydrogen) atoms. The van der Waals surface area contributed by atoms with Crippen LogP contribution in [0.15, 0.2) is 18.3 Å². The highest BCUT2D eigenvalue weighted by Crippen LogP contribution is 2.45. The molecule has 0 saturated carbocycles. The Balaban J connectivity index is 1.59. The lowest BCUT2D eigenvalue weighted by atomic mass is 9.71. The maximum Gasteiger partial charge on any atom is 0.435 e. The topological polar surface area (TPSA) is 45.7 Å². The monoisotopic (exact) mass is 371 g/mol. The van der Waals surface area contributed by atoms with E-state index in [0.717, 1.165) is 12.8 Å². The molecule has 1 spiro atoms. The van der Waals surface area contributed by atoms with Crippen LogP contribution >= 0.6 is 0 Å². The first-order valence-corrected chi connectivity index (χ1v) is 8.74. The summed E-state index contributed by atoms with van der Waals surface area (Å²) in [5, 5.41) is 0. The van der Waals surface area contributed by atoms with Crippen LogP contribution in [0.25, 0.3) is 0 Å². The molecule has 2 fully saturated rings. The second kappa shape index (κ2) is 6.32. The van der Waals surface area contributed by atoms with Crippen molar-refractivity contribution in [2.75, 3.05) is 31.1 Å². The number of carbonyl (C=O) groups excluding carboxylic acids is 1. The van der Waals surface area contributed by atoms with Crippen LogP contribution < -0.4 is 4.90 Å². The molecule has 1 aromatic heterocycles. The van der Waals surface area contributed by atoms with Crippen LogP contribution in [0.1, 0.15) is 39.3 Å². The van der Waals surface area contributed by atoms with Gasteiger partial charge in [-0.1, -0.05) is 0 Å². The van der Waals surface area contributed by atoms with E-state index in [1.165, 1.54) is 18.3 Å². The number of anilines is 1. The Morgan fingerprint density at radius 1 is 1.19 bits per heavy atom. The molecule has 5 nitrogen and oxygen atoms in total. The van der Waals surface area contributed by atoms with Gasteiger partial charge in [-0.25, -0.2) is 9.78 Å². The van der Waals surface area contributed by atoms with E-state index in [1.54, 1.807) is 9.80 Å². The molecule has 1 amide bonds. The molecular formula is C18H24F3N3O2. The summed E-state index contributed by atoms with van der Waals surface area (Å²) in [6.07, 6.45) is -2.08. The summed E-state index contributed by atoms with van der Waals surface area (Å²) in [6.45, 7) is 7.74. The molecule has 0 aliphatic carbocycles. The quantitative estimate of drug-likeness (QED) is 0.750. The fourth-order valence-electron chi connectivity index (χ4n) is 3.61. The number of hydrogen-bond donors (Lipinski definition) is 0. The molecule has 8 heteroatoms. The Labute approximate surface area is 151 Å². The minimum absolute atomic E-state index is 0.0305. The zero-order valence-electron chi connectivity index (χ0n) is 15.3. The van der Waals surface area contributed by atoms with Gasteiger partial charge in [0.1, 0.15) is 5.60 Å². The summed E-state index contributed by atoms with van der Waals surface area (Å²) < 4.78 is 44.8. The van der Waals surface area contributed by atoms with Crippen molar-refractivity contribution in [1.82, 2.24) is 9.88 Å². The summed E-state index contributed by atoms with van der Waals surface area (Å²) >= 11 is 0. The number of piperidine rings is 1. The Morgan fingerprint density at radius 3 is 2.35 bits per heavy atom. The first-order chi connectivity index (χ1) is 12.0. The summed E-state index contributed by atoms with van der Waals surface area (Å²) in [4.78, 5) is 19.1. The van der Waals surface area contributed by atoms with Crippen LogP contribution in [-0.4, -0.2) is 47.8 Å². The molecule has 1 aromatic rings. The number of hydrogen-bond acceptors (Lipinski definition) is 4. The first kappa shape index (κ1) is 18.8. The number of ether oxygens (including phenoxy) is 1. The lowest BCUT2D eigenvalue weighted by Gasteiger charge is -2.55. The molecule has 144 valence electrons. The van der Waals surface area contributed by atoms with E-state index in [1.807, 2.05) is 20.8 Å². The highest BCUT2D eigenvalue weighted by atomic mass is 19.4. The fourth-order valence-corrected chi connectivity index (χ4v) is 3.61. The van der Waals surface area contributed by atoms with Crippen LogP contribution in [0.3, 0.4) is 0 Å². The number of aromatic nitrogens is 1. The number of carbonyl (C=O) groups is 1. The van der Waals surface area contributed by atoms with Gasteiger partial charge < -0.3 is 14.5 Å². The summed E-state index contributed by atoms with van der Waals surface area (Å²) in [5.41, 5.74) is -1.26. The molecule has 0 aromatic carbocycles. The van der Waals surface area contributed by atoms with Gasteiger partial charge in [-0.15, -0.1) is 0 Å². The highest BCUT2D eigenvalue weighted by Gasteiger charge is 2.48. The second-order valence-corrected chi connectivity index (χ2v) is 8.19. The molecule has 0 N–H and O–H groups in total. The van der Waals surface area contributed by atoms with E-state index in [9.17, 15) is 18.0 Å². The summed E-state index contributed by atoms with van der Waals surface area (Å²) in [7, 11) is 0. The molecule has 0 atom stereocenters. The van der Waals surface area contributed by atoms with Crippen molar-refractivity contribution in [3.8, 4) is 0 Å². The summed E-state index contributed by atoms with van der Waals surface area (Å²) in [5.74, 6) is 0. The van der Waals surface area contributed by atoms with E-state index in [2.05, 4.69) is 4.98 Å². The number of rotatable bonds is 1. The lowest BCUT2D eigenvalue weighted by molar-refractivity contribution is -0.140. The highest BCUT2D eigenvalue weighted by molar-refractivity contribution is 5.68. The second-order valence-electron chi connectivity index (χ2n) is 8.19. The van der Waals surface area contributed by atoms with E-state index in [4.69, 9.17) is 4.74 Å². The standard InChI is InChI=1S/C18H24F3N3O2/c1-16(2,3)26-15(25)23-9-6-17(7-10-23)11-24(12-17)13-5-4-8-22-14(13)18(19,20)21/h4-5,8H,6-7,9-12H2,1-3H3. The molecule has 0 bridgehead atoms. The maximum atomic E-state index is 13.1. The average molecular weight is 371 g/mol. The molecule has 0 unspecified atom stereocenters. The number of amides is 1. The van der Waals surface area contributed by atoms with Gasteiger partial charge in [0.15, 0.2) is 5.69 Å². The van der Waals surface area contributed by atoms with Crippen LogP contribution in [0.2, 0.25) is 0 Å². The smallest absolute Gasteiger partial charge is 0.435 e. The van der Waals surface area contributed by atoms with Crippen LogP contribution in [0.5, 0.6) is 0 Å². The van der Waals surface area contributed by atoms with Gasteiger partial charge >= 0.3 is 12.3 Å². The van der Waals surface area contributed by atoms with Gasteiger partial charge in [0.2, 0.25) is 0 Å². The zero-order valence-corrected chi connectivity index (χ0v) is 15.3. The molecular weight excluding hydrogens is 347 g/mol. The Kier molecular flexibility index (Phi) is 4.56. The minimum Gasteiger partial charge on any atom is -0.444 e. The molecule has 3 rings (SSSR count). The number of pyridine rings is 1. The van der Waals surface area contributed by atoms with E-state index >= 15 is 0 Å². The Bertz CT molecular complexity index is 669. The van der Waals surface area contributed by atoms with Gasteiger partial charge in [-0.3, -0.25) is 0 Å². The maximum absolute atomic E-state index is 13.1. The van der Waals surface area contributed by atoms with Gasteiger partial charge in [-0.2, -0.15) is 13.2 Å². The summed E-state index contributed by atoms with van der Waals surface area (Å²) in [6, 6.07) is 3.00. The van der Waals surface area contributed by atoms with Crippen molar-refractivity contribution in [3.63, 3.8) is 0 Å². The molecule has 3 heterocycles. The predicted octanol–water partition coefficient (Wildman–Crippen LogP) is 3.94. The van der Waals surface area contributed by atoms with Crippen molar-refractivity contribution >= 4 is 11.8 Å². The van der Waals surface area contributed by atoms with Crippen molar-refractivity contribution in [2.24, 2.45) is 5.41 Å². The third-order valence-electron chi connectivity index (χ3n) is 4.92. The van der Waals surface area contributed by atoms with Gasteiger partial charge in [0.05, 0.1) is 5.69 Å². The van der Waals surface area contributed by atoms with Gasteiger partial charge in [0, 0.05) is 37.8 Å². The van der Waals surface area contributed by atoms with Crippen LogP contribution in [0, 0.1) is 5.41 Å². The SMILES string of the molecule is CC(C)(C)OC(=O)N1CCC2(CC1)CN(c1cccnc1C(F)(F)F)C2. The number of likely N-dealkylation sites (tertiary alicyclic amines) is 1. The van der Waals surface area contributed by atoms with E-state index in [0.29, 0.717) is 26.2 Å². The van der Waals surface area contributed by atoms with Crippen molar-refractivity contribution in [3.05, 3.63) is 24.0 Å².